The number of nitrogens with zero attached hydrogens (tertiary/aromatic N) is 1. The Morgan fingerprint density at radius 2 is 2.14 bits per heavy atom. The maximum Gasteiger partial charge on any atom is 0.270 e. The minimum absolute atomic E-state index is 0.0556. The van der Waals surface area contributed by atoms with Gasteiger partial charge in [-0.1, -0.05) is 11.6 Å². The van der Waals surface area contributed by atoms with Crippen molar-refractivity contribution in [3.05, 3.63) is 45.0 Å². The van der Waals surface area contributed by atoms with Crippen LogP contribution >= 0.6 is 11.6 Å². The summed E-state index contributed by atoms with van der Waals surface area (Å²) in [6, 6.07) is 4.03. The van der Waals surface area contributed by atoms with Gasteiger partial charge in [-0.25, -0.2) is 0 Å². The van der Waals surface area contributed by atoms with Gasteiger partial charge >= 0.3 is 0 Å². The standard InChI is InChI=1S/C9H6ClNO3/c10-9-4-3-8(11(13)14)6-7(9)2-1-5-12/h1-6H/b2-1+. The summed E-state index contributed by atoms with van der Waals surface area (Å²) in [7, 11) is 0. The van der Waals surface area contributed by atoms with Gasteiger partial charge < -0.3 is 0 Å². The maximum atomic E-state index is 10.4. The van der Waals surface area contributed by atoms with Crippen molar-refractivity contribution in [1.82, 2.24) is 0 Å². The monoisotopic (exact) mass is 211 g/mol. The van der Waals surface area contributed by atoms with Crippen molar-refractivity contribution in [2.24, 2.45) is 0 Å². The molecule has 0 aliphatic carbocycles. The summed E-state index contributed by atoms with van der Waals surface area (Å²) >= 11 is 5.75. The van der Waals surface area contributed by atoms with Crippen LogP contribution in [0.2, 0.25) is 5.02 Å². The number of rotatable bonds is 3. The normalized spacial score (nSPS) is 10.4. The van der Waals surface area contributed by atoms with Crippen LogP contribution in [0.1, 0.15) is 5.56 Å². The highest BCUT2D eigenvalue weighted by atomic mass is 35.5. The van der Waals surface area contributed by atoms with Crippen molar-refractivity contribution in [2.75, 3.05) is 0 Å². The summed E-state index contributed by atoms with van der Waals surface area (Å²) in [4.78, 5) is 19.9. The average Bonchev–Trinajstić information content (AvgIpc) is 2.16. The molecule has 1 aromatic rings. The van der Waals surface area contributed by atoms with Crippen LogP contribution in [0.5, 0.6) is 0 Å². The highest BCUT2D eigenvalue weighted by Gasteiger charge is 2.07. The molecule has 1 rings (SSSR count). The first-order valence-corrected chi connectivity index (χ1v) is 4.08. The first-order chi connectivity index (χ1) is 6.65. The molecule has 0 atom stereocenters. The predicted molar refractivity (Wildman–Crippen MR) is 53.2 cm³/mol. The first-order valence-electron chi connectivity index (χ1n) is 3.71. The highest BCUT2D eigenvalue weighted by Crippen LogP contribution is 2.22. The highest BCUT2D eigenvalue weighted by molar-refractivity contribution is 6.32. The van der Waals surface area contributed by atoms with Crippen LogP contribution in [0.3, 0.4) is 0 Å². The molecule has 5 heteroatoms. The number of hydrogen-bond acceptors (Lipinski definition) is 3. The van der Waals surface area contributed by atoms with Crippen LogP contribution < -0.4 is 0 Å². The lowest BCUT2D eigenvalue weighted by atomic mass is 10.2. The Balaban J connectivity index is 3.14. The van der Waals surface area contributed by atoms with Crippen molar-refractivity contribution >= 4 is 29.7 Å². The third-order valence-corrected chi connectivity index (χ3v) is 1.89. The number of non-ortho nitro benzene ring substituents is 1. The summed E-state index contributed by atoms with van der Waals surface area (Å²) in [6.45, 7) is 0. The van der Waals surface area contributed by atoms with Crippen LogP contribution in [0.4, 0.5) is 5.69 Å². The molecule has 0 aliphatic heterocycles. The SMILES string of the molecule is O=C/C=C/c1cc([N+](=O)[O-])ccc1Cl. The molecule has 0 fully saturated rings. The van der Waals surface area contributed by atoms with Gasteiger partial charge in [-0.15, -0.1) is 0 Å². The second kappa shape index (κ2) is 4.53. The molecule has 4 nitrogen and oxygen atoms in total. The molecule has 0 bridgehead atoms. The fraction of sp³-hybridized carbons (Fsp3) is 0. The number of carbonyl (C=O) groups is 1. The van der Waals surface area contributed by atoms with Gasteiger partial charge in [0, 0.05) is 17.2 Å². The minimum Gasteiger partial charge on any atom is -0.299 e. The molecule has 72 valence electrons. The van der Waals surface area contributed by atoms with E-state index >= 15 is 0 Å². The molecule has 0 aromatic heterocycles. The van der Waals surface area contributed by atoms with E-state index in [0.29, 0.717) is 16.9 Å². The van der Waals surface area contributed by atoms with Crippen LogP contribution in [-0.2, 0) is 4.79 Å². The van der Waals surface area contributed by atoms with Crippen molar-refractivity contribution in [3.8, 4) is 0 Å². The van der Waals surface area contributed by atoms with Crippen molar-refractivity contribution in [3.63, 3.8) is 0 Å². The van der Waals surface area contributed by atoms with Crippen LogP contribution in [0.15, 0.2) is 24.3 Å². The predicted octanol–water partition coefficient (Wildman–Crippen LogP) is 2.46. The molecule has 0 aliphatic rings. The minimum atomic E-state index is -0.519. The van der Waals surface area contributed by atoms with Crippen LogP contribution in [0, 0.1) is 10.1 Å². The zero-order valence-electron chi connectivity index (χ0n) is 7.01. The molecule has 1 aromatic carbocycles. The van der Waals surface area contributed by atoms with Gasteiger partial charge in [-0.2, -0.15) is 0 Å². The summed E-state index contributed by atoms with van der Waals surface area (Å²) in [5.41, 5.74) is 0.396. The van der Waals surface area contributed by atoms with Gasteiger partial charge in [0.1, 0.15) is 6.29 Å². The van der Waals surface area contributed by atoms with Gasteiger partial charge in [0.05, 0.1) is 4.92 Å². The number of carbonyl (C=O) groups excluding carboxylic acids is 1. The van der Waals surface area contributed by atoms with Gasteiger partial charge in [0.25, 0.3) is 5.69 Å². The van der Waals surface area contributed by atoms with Gasteiger partial charge in [-0.3, -0.25) is 14.9 Å². The number of hydrogen-bond donors (Lipinski definition) is 0. The second-order valence-electron chi connectivity index (χ2n) is 2.46. The Bertz CT molecular complexity index is 401. The second-order valence-corrected chi connectivity index (χ2v) is 2.87. The Hall–Kier alpha value is -1.68. The Morgan fingerprint density at radius 3 is 2.71 bits per heavy atom. The molecule has 0 unspecified atom stereocenters. The summed E-state index contributed by atoms with van der Waals surface area (Å²) in [5, 5.41) is 10.8. The molecule has 0 saturated carbocycles. The lowest BCUT2D eigenvalue weighted by Gasteiger charge is -1.97. The largest absolute Gasteiger partial charge is 0.299 e. The number of nitro groups is 1. The molecule has 0 saturated heterocycles. The van der Waals surface area contributed by atoms with Crippen molar-refractivity contribution in [1.29, 1.82) is 0 Å². The van der Waals surface area contributed by atoms with E-state index in [2.05, 4.69) is 0 Å². The van der Waals surface area contributed by atoms with Crippen molar-refractivity contribution in [2.45, 2.75) is 0 Å². The van der Waals surface area contributed by atoms with Gasteiger partial charge in [-0.05, 0) is 23.8 Å². The summed E-state index contributed by atoms with van der Waals surface area (Å²) in [5.74, 6) is 0. The third-order valence-electron chi connectivity index (χ3n) is 1.54. The van der Waals surface area contributed by atoms with Crippen LogP contribution in [0.25, 0.3) is 6.08 Å². The van der Waals surface area contributed by atoms with E-state index in [9.17, 15) is 14.9 Å². The number of halogens is 1. The summed E-state index contributed by atoms with van der Waals surface area (Å²) in [6.07, 6.45) is 3.22. The zero-order valence-corrected chi connectivity index (χ0v) is 7.77. The fourth-order valence-electron chi connectivity index (χ4n) is 0.915. The van der Waals surface area contributed by atoms with Crippen LogP contribution in [-0.4, -0.2) is 11.2 Å². The van der Waals surface area contributed by atoms with Crippen molar-refractivity contribution < 1.29 is 9.72 Å². The van der Waals surface area contributed by atoms with E-state index in [1.54, 1.807) is 0 Å². The van der Waals surface area contributed by atoms with E-state index in [1.807, 2.05) is 0 Å². The number of allylic oxidation sites excluding steroid dienone is 1. The topological polar surface area (TPSA) is 60.2 Å². The lowest BCUT2D eigenvalue weighted by molar-refractivity contribution is -0.384. The molecule has 0 N–H and O–H groups in total. The van der Waals surface area contributed by atoms with Gasteiger partial charge in [0.15, 0.2) is 0 Å². The molecule has 0 radical (unpaired) electrons. The third kappa shape index (κ3) is 2.40. The molecule has 0 heterocycles. The smallest absolute Gasteiger partial charge is 0.270 e. The fourth-order valence-corrected chi connectivity index (χ4v) is 1.10. The maximum absolute atomic E-state index is 10.4. The van der Waals surface area contributed by atoms with E-state index in [-0.39, 0.29) is 5.69 Å². The van der Waals surface area contributed by atoms with E-state index in [0.717, 1.165) is 0 Å². The molecule has 0 amide bonds. The van der Waals surface area contributed by atoms with E-state index in [4.69, 9.17) is 11.6 Å². The van der Waals surface area contributed by atoms with E-state index < -0.39 is 4.92 Å². The lowest BCUT2D eigenvalue weighted by Crippen LogP contribution is -1.88. The molecule has 0 spiro atoms. The first kappa shape index (κ1) is 10.4. The molecular weight excluding hydrogens is 206 g/mol. The number of benzene rings is 1. The quantitative estimate of drug-likeness (QED) is 0.334. The molecular formula is C9H6ClNO3. The Kier molecular flexibility index (Phi) is 3.36. The van der Waals surface area contributed by atoms with E-state index in [1.165, 1.54) is 30.4 Å². The average molecular weight is 212 g/mol. The Morgan fingerprint density at radius 1 is 1.43 bits per heavy atom. The zero-order chi connectivity index (χ0) is 10.6. The summed E-state index contributed by atoms with van der Waals surface area (Å²) < 4.78 is 0. The molecule has 14 heavy (non-hydrogen) atoms. The van der Waals surface area contributed by atoms with Gasteiger partial charge in [0.2, 0.25) is 0 Å². The number of aldehydes is 1. The Labute approximate surface area is 85.0 Å². The number of nitro benzene ring substituents is 1.